The number of primary amides is 1. The molecular weight excluding hydrogens is 514 g/mol. The van der Waals surface area contributed by atoms with Gasteiger partial charge in [0.15, 0.2) is 11.5 Å². The fraction of sp³-hybridized carbons (Fsp3) is 0.700. The van der Waals surface area contributed by atoms with Gasteiger partial charge >= 0.3 is 0 Å². The van der Waals surface area contributed by atoms with Crippen molar-refractivity contribution in [2.24, 2.45) is 40.6 Å². The number of hydrogen-bond donors (Lipinski definition) is 4. The summed E-state index contributed by atoms with van der Waals surface area (Å²) in [6.45, 7) is 11.7. The van der Waals surface area contributed by atoms with E-state index in [4.69, 9.17) is 25.7 Å². The Morgan fingerprint density at radius 3 is 2.17 bits per heavy atom. The van der Waals surface area contributed by atoms with Crippen molar-refractivity contribution in [3.63, 3.8) is 0 Å². The molecule has 0 bridgehead atoms. The second-order valence-corrected chi connectivity index (χ2v) is 11.7. The maximum absolute atomic E-state index is 12.9. The van der Waals surface area contributed by atoms with Crippen molar-refractivity contribution in [2.75, 3.05) is 27.4 Å². The van der Waals surface area contributed by atoms with Crippen LogP contribution in [0, 0.1) is 29.1 Å². The first kappa shape index (κ1) is 35.3. The van der Waals surface area contributed by atoms with E-state index >= 15 is 0 Å². The van der Waals surface area contributed by atoms with E-state index in [0.29, 0.717) is 31.1 Å². The van der Waals surface area contributed by atoms with Crippen LogP contribution in [0.1, 0.15) is 66.4 Å². The molecule has 0 aliphatic rings. The first-order valence-electron chi connectivity index (χ1n) is 14.0. The number of methoxy groups -OCH3 is 2. The van der Waals surface area contributed by atoms with E-state index in [9.17, 15) is 19.5 Å². The van der Waals surface area contributed by atoms with Crippen molar-refractivity contribution < 1.29 is 33.7 Å². The average molecular weight is 566 g/mol. The van der Waals surface area contributed by atoms with Crippen molar-refractivity contribution in [2.45, 2.75) is 79.4 Å². The van der Waals surface area contributed by atoms with Gasteiger partial charge in [0.2, 0.25) is 17.7 Å². The SMILES string of the molecule is COCCCOc1cc(C[C@@H](C[C@H](N)[C@@H](O)C[C@H](C(=O)NC(=O)C(C)(C)C(N)=O)C(C)C)C(C)C)ccc1OC. The highest BCUT2D eigenvalue weighted by atomic mass is 16.5. The van der Waals surface area contributed by atoms with Gasteiger partial charge in [0.25, 0.3) is 0 Å². The number of rotatable bonds is 18. The van der Waals surface area contributed by atoms with Gasteiger partial charge in [-0.1, -0.05) is 33.8 Å². The minimum Gasteiger partial charge on any atom is -0.493 e. The van der Waals surface area contributed by atoms with Crippen LogP contribution in [0.3, 0.4) is 0 Å². The highest BCUT2D eigenvalue weighted by molar-refractivity contribution is 6.09. The van der Waals surface area contributed by atoms with Crippen LogP contribution in [0.5, 0.6) is 11.5 Å². The van der Waals surface area contributed by atoms with Gasteiger partial charge < -0.3 is 30.8 Å². The van der Waals surface area contributed by atoms with E-state index in [0.717, 1.165) is 18.4 Å². The minimum atomic E-state index is -1.53. The molecule has 40 heavy (non-hydrogen) atoms. The van der Waals surface area contributed by atoms with Crippen molar-refractivity contribution in [3.8, 4) is 11.5 Å². The Hall–Kier alpha value is -2.69. The number of aliphatic hydroxyl groups excluding tert-OH is 1. The molecule has 0 saturated heterocycles. The summed E-state index contributed by atoms with van der Waals surface area (Å²) in [5.74, 6) is -1.24. The zero-order chi connectivity index (χ0) is 30.6. The number of aliphatic hydroxyl groups is 1. The van der Waals surface area contributed by atoms with Gasteiger partial charge in [0, 0.05) is 32.1 Å². The molecule has 0 aliphatic carbocycles. The van der Waals surface area contributed by atoms with Gasteiger partial charge in [-0.25, -0.2) is 0 Å². The molecule has 1 aromatic rings. The number of hydrogen-bond acceptors (Lipinski definition) is 8. The molecule has 0 aliphatic heterocycles. The molecule has 0 unspecified atom stereocenters. The van der Waals surface area contributed by atoms with Gasteiger partial charge in [-0.3, -0.25) is 19.7 Å². The lowest BCUT2D eigenvalue weighted by Crippen LogP contribution is -2.50. The standard InChI is InChI=1S/C30H51N3O7/c1-18(2)21(14-20-10-11-25(39-8)26(15-20)40-13-9-12-38-7)16-23(31)24(34)17-22(19(3)4)27(35)33-29(37)30(5,6)28(32)36/h10-11,15,18-19,21-24,34H,9,12-14,16-17,31H2,1-8H3,(H2,32,36)(H,33,35,37)/t21-,22-,23-,24-/m0/s1. The van der Waals surface area contributed by atoms with Crippen LogP contribution < -0.4 is 26.3 Å². The molecule has 0 fully saturated rings. The van der Waals surface area contributed by atoms with Crippen LogP contribution in [0.25, 0.3) is 0 Å². The molecule has 1 rings (SSSR count). The van der Waals surface area contributed by atoms with Crippen LogP contribution in [0.4, 0.5) is 0 Å². The number of carbonyl (C=O) groups excluding carboxylic acids is 3. The van der Waals surface area contributed by atoms with Crippen molar-refractivity contribution in [1.82, 2.24) is 5.32 Å². The van der Waals surface area contributed by atoms with Crippen LogP contribution in [-0.2, 0) is 25.5 Å². The smallest absolute Gasteiger partial charge is 0.241 e. The van der Waals surface area contributed by atoms with Crippen molar-refractivity contribution in [1.29, 1.82) is 0 Å². The quantitative estimate of drug-likeness (QED) is 0.156. The third-order valence-corrected chi connectivity index (χ3v) is 7.55. The fourth-order valence-corrected chi connectivity index (χ4v) is 4.34. The molecule has 0 saturated carbocycles. The Morgan fingerprint density at radius 1 is 1.00 bits per heavy atom. The predicted molar refractivity (Wildman–Crippen MR) is 155 cm³/mol. The summed E-state index contributed by atoms with van der Waals surface area (Å²) in [4.78, 5) is 37.0. The second kappa shape index (κ2) is 16.5. The van der Waals surface area contributed by atoms with E-state index in [1.165, 1.54) is 13.8 Å². The molecule has 6 N–H and O–H groups in total. The Kier molecular flexibility index (Phi) is 14.6. The minimum absolute atomic E-state index is 0.0851. The summed E-state index contributed by atoms with van der Waals surface area (Å²) in [7, 11) is 3.26. The average Bonchev–Trinajstić information content (AvgIpc) is 2.88. The molecule has 1 aromatic carbocycles. The zero-order valence-corrected chi connectivity index (χ0v) is 25.5. The molecule has 228 valence electrons. The van der Waals surface area contributed by atoms with Crippen molar-refractivity contribution >= 4 is 17.7 Å². The normalized spacial score (nSPS) is 14.9. The van der Waals surface area contributed by atoms with Crippen LogP contribution in [-0.4, -0.2) is 62.4 Å². The molecule has 0 radical (unpaired) electrons. The molecule has 3 amide bonds. The number of nitrogens with one attached hydrogen (secondary N) is 1. The number of benzene rings is 1. The Labute approximate surface area is 239 Å². The van der Waals surface area contributed by atoms with E-state index in [2.05, 4.69) is 19.2 Å². The molecule has 10 nitrogen and oxygen atoms in total. The van der Waals surface area contributed by atoms with E-state index in [-0.39, 0.29) is 24.2 Å². The lowest BCUT2D eigenvalue weighted by Gasteiger charge is -2.30. The van der Waals surface area contributed by atoms with Crippen molar-refractivity contribution in [3.05, 3.63) is 23.8 Å². The summed E-state index contributed by atoms with van der Waals surface area (Å²) in [5, 5.41) is 13.3. The maximum atomic E-state index is 12.9. The maximum Gasteiger partial charge on any atom is 0.241 e. The van der Waals surface area contributed by atoms with Gasteiger partial charge in [0.05, 0.1) is 19.8 Å². The van der Waals surface area contributed by atoms with E-state index in [1.807, 2.05) is 32.0 Å². The summed E-state index contributed by atoms with van der Waals surface area (Å²) in [6.07, 6.45) is 1.14. The highest BCUT2D eigenvalue weighted by Gasteiger charge is 2.37. The van der Waals surface area contributed by atoms with Gasteiger partial charge in [-0.15, -0.1) is 0 Å². The molecule has 0 heterocycles. The van der Waals surface area contributed by atoms with Crippen LogP contribution in [0.15, 0.2) is 18.2 Å². The monoisotopic (exact) mass is 565 g/mol. The molecular formula is C30H51N3O7. The number of ether oxygens (including phenoxy) is 3. The Balaban J connectivity index is 2.92. The first-order valence-corrected chi connectivity index (χ1v) is 14.0. The number of nitrogens with two attached hydrogens (primary N) is 2. The second-order valence-electron chi connectivity index (χ2n) is 11.7. The Bertz CT molecular complexity index is 965. The predicted octanol–water partition coefficient (Wildman–Crippen LogP) is 2.82. The van der Waals surface area contributed by atoms with Gasteiger partial charge in [-0.05, 0) is 68.6 Å². The van der Waals surface area contributed by atoms with Gasteiger partial charge in [-0.2, -0.15) is 0 Å². The summed E-state index contributed by atoms with van der Waals surface area (Å²) in [5.41, 5.74) is 11.3. The molecule has 10 heteroatoms. The lowest BCUT2D eigenvalue weighted by molar-refractivity contribution is -0.143. The van der Waals surface area contributed by atoms with Gasteiger partial charge in [0.1, 0.15) is 5.41 Å². The zero-order valence-electron chi connectivity index (χ0n) is 25.5. The third kappa shape index (κ3) is 10.7. The number of imide groups is 1. The fourth-order valence-electron chi connectivity index (χ4n) is 4.34. The van der Waals surface area contributed by atoms with E-state index < -0.39 is 41.2 Å². The molecule has 0 aromatic heterocycles. The number of amides is 3. The van der Waals surface area contributed by atoms with Crippen LogP contribution in [0.2, 0.25) is 0 Å². The van der Waals surface area contributed by atoms with Crippen LogP contribution >= 0.6 is 0 Å². The highest BCUT2D eigenvalue weighted by Crippen LogP contribution is 2.32. The summed E-state index contributed by atoms with van der Waals surface area (Å²) < 4.78 is 16.5. The number of carbonyl (C=O) groups is 3. The third-order valence-electron chi connectivity index (χ3n) is 7.55. The topological polar surface area (TPSA) is 163 Å². The lowest BCUT2D eigenvalue weighted by atomic mass is 9.80. The molecule has 0 spiro atoms. The summed E-state index contributed by atoms with van der Waals surface area (Å²) >= 11 is 0. The molecule has 4 atom stereocenters. The Morgan fingerprint density at radius 2 is 1.65 bits per heavy atom. The summed E-state index contributed by atoms with van der Waals surface area (Å²) in [6, 6.07) is 5.29. The largest absolute Gasteiger partial charge is 0.493 e. The first-order chi connectivity index (χ1) is 18.6. The van der Waals surface area contributed by atoms with E-state index in [1.54, 1.807) is 14.2 Å².